The first-order chi connectivity index (χ1) is 9.52. The maximum Gasteiger partial charge on any atom is 0.225 e. The Bertz CT molecular complexity index is 480. The van der Waals surface area contributed by atoms with Gasteiger partial charge in [0.1, 0.15) is 5.75 Å². The number of carbonyl (C=O) groups excluding carboxylic acids is 1. The van der Waals surface area contributed by atoms with Crippen LogP contribution in [0, 0.1) is 5.92 Å². The summed E-state index contributed by atoms with van der Waals surface area (Å²) in [5, 5.41) is 0. The van der Waals surface area contributed by atoms with E-state index in [1.807, 2.05) is 36.9 Å². The molecular weight excluding hydrogens is 254 g/mol. The highest BCUT2D eigenvalue weighted by Crippen LogP contribution is 2.31. The quantitative estimate of drug-likeness (QED) is 0.852. The first kappa shape index (κ1) is 14.5. The van der Waals surface area contributed by atoms with Crippen molar-refractivity contribution in [3.63, 3.8) is 0 Å². The maximum absolute atomic E-state index is 12.0. The largest absolute Gasteiger partial charge is 0.495 e. The van der Waals surface area contributed by atoms with Crippen LogP contribution in [0.15, 0.2) is 18.2 Å². The van der Waals surface area contributed by atoms with Gasteiger partial charge in [0.25, 0.3) is 0 Å². The minimum Gasteiger partial charge on any atom is -0.495 e. The molecule has 0 atom stereocenters. The van der Waals surface area contributed by atoms with Crippen molar-refractivity contribution in [2.75, 3.05) is 43.9 Å². The van der Waals surface area contributed by atoms with Crippen LogP contribution < -0.4 is 15.4 Å². The average Bonchev–Trinajstić information content (AvgIpc) is 2.46. The standard InChI is InChI=1S/C15H23N3O2/c1-11(2)15(19)18-8-6-17(7-9-18)13-5-4-12(16)10-14(13)20-3/h4-5,10-11H,6-9,16H2,1-3H3. The van der Waals surface area contributed by atoms with E-state index < -0.39 is 0 Å². The van der Waals surface area contributed by atoms with Gasteiger partial charge in [0.2, 0.25) is 5.91 Å². The summed E-state index contributed by atoms with van der Waals surface area (Å²) in [5.41, 5.74) is 7.51. The first-order valence-corrected chi connectivity index (χ1v) is 7.00. The summed E-state index contributed by atoms with van der Waals surface area (Å²) < 4.78 is 5.39. The number of anilines is 2. The van der Waals surface area contributed by atoms with Gasteiger partial charge in [-0.15, -0.1) is 0 Å². The van der Waals surface area contributed by atoms with E-state index in [1.54, 1.807) is 7.11 Å². The monoisotopic (exact) mass is 277 g/mol. The molecule has 0 saturated carbocycles. The number of benzene rings is 1. The fourth-order valence-electron chi connectivity index (χ4n) is 2.49. The van der Waals surface area contributed by atoms with Crippen LogP contribution in [0.3, 0.4) is 0 Å². The molecule has 1 heterocycles. The van der Waals surface area contributed by atoms with E-state index in [0.29, 0.717) is 5.69 Å². The molecule has 1 amide bonds. The van der Waals surface area contributed by atoms with Crippen LogP contribution >= 0.6 is 0 Å². The molecular formula is C15H23N3O2. The van der Waals surface area contributed by atoms with Gasteiger partial charge in [-0.05, 0) is 12.1 Å². The van der Waals surface area contributed by atoms with E-state index in [9.17, 15) is 4.79 Å². The Hall–Kier alpha value is -1.91. The zero-order chi connectivity index (χ0) is 14.7. The van der Waals surface area contributed by atoms with Crippen molar-refractivity contribution in [1.82, 2.24) is 4.90 Å². The highest BCUT2D eigenvalue weighted by molar-refractivity contribution is 5.78. The average molecular weight is 277 g/mol. The Labute approximate surface area is 120 Å². The molecule has 2 rings (SSSR count). The lowest BCUT2D eigenvalue weighted by molar-refractivity contribution is -0.134. The Morgan fingerprint density at radius 3 is 2.45 bits per heavy atom. The molecule has 20 heavy (non-hydrogen) atoms. The number of methoxy groups -OCH3 is 1. The lowest BCUT2D eigenvalue weighted by atomic mass is 10.1. The van der Waals surface area contributed by atoms with E-state index in [-0.39, 0.29) is 11.8 Å². The zero-order valence-corrected chi connectivity index (χ0v) is 12.4. The lowest BCUT2D eigenvalue weighted by Crippen LogP contribution is -2.50. The van der Waals surface area contributed by atoms with Crippen LogP contribution in [-0.4, -0.2) is 44.1 Å². The molecule has 5 heteroatoms. The van der Waals surface area contributed by atoms with Gasteiger partial charge in [-0.3, -0.25) is 4.79 Å². The Morgan fingerprint density at radius 2 is 1.90 bits per heavy atom. The highest BCUT2D eigenvalue weighted by atomic mass is 16.5. The minimum atomic E-state index is 0.0626. The number of nitrogen functional groups attached to an aromatic ring is 1. The van der Waals surface area contributed by atoms with Gasteiger partial charge in [0.15, 0.2) is 0 Å². The molecule has 1 aromatic carbocycles. The summed E-state index contributed by atoms with van der Waals surface area (Å²) in [6.07, 6.45) is 0. The van der Waals surface area contributed by atoms with Crippen LogP contribution in [0.25, 0.3) is 0 Å². The van der Waals surface area contributed by atoms with Crippen LogP contribution in [0.5, 0.6) is 5.75 Å². The van der Waals surface area contributed by atoms with E-state index >= 15 is 0 Å². The van der Waals surface area contributed by atoms with E-state index in [1.165, 1.54) is 0 Å². The summed E-state index contributed by atoms with van der Waals surface area (Å²) in [4.78, 5) is 16.1. The summed E-state index contributed by atoms with van der Waals surface area (Å²) >= 11 is 0. The second kappa shape index (κ2) is 6.03. The summed E-state index contributed by atoms with van der Waals surface area (Å²) in [5.74, 6) is 1.08. The molecule has 1 saturated heterocycles. The second-order valence-electron chi connectivity index (χ2n) is 5.40. The highest BCUT2D eigenvalue weighted by Gasteiger charge is 2.24. The topological polar surface area (TPSA) is 58.8 Å². The molecule has 110 valence electrons. The number of nitrogens with zero attached hydrogens (tertiary/aromatic N) is 2. The van der Waals surface area contributed by atoms with Crippen molar-refractivity contribution < 1.29 is 9.53 Å². The molecule has 0 aromatic heterocycles. The molecule has 1 fully saturated rings. The van der Waals surface area contributed by atoms with Crippen LogP contribution in [0.1, 0.15) is 13.8 Å². The summed E-state index contributed by atoms with van der Waals surface area (Å²) in [7, 11) is 1.65. The predicted octanol–water partition coefficient (Wildman–Crippen LogP) is 1.58. The van der Waals surface area contributed by atoms with Crippen molar-refractivity contribution in [3.05, 3.63) is 18.2 Å². The third-order valence-electron chi connectivity index (χ3n) is 3.63. The lowest BCUT2D eigenvalue weighted by Gasteiger charge is -2.37. The number of ether oxygens (including phenoxy) is 1. The van der Waals surface area contributed by atoms with E-state index in [4.69, 9.17) is 10.5 Å². The molecule has 1 aliphatic heterocycles. The normalized spacial score (nSPS) is 15.6. The molecule has 0 unspecified atom stereocenters. The van der Waals surface area contributed by atoms with Gasteiger partial charge in [-0.2, -0.15) is 0 Å². The summed E-state index contributed by atoms with van der Waals surface area (Å²) in [6, 6.07) is 5.69. The fraction of sp³-hybridized carbons (Fsp3) is 0.533. The number of rotatable bonds is 3. The SMILES string of the molecule is COc1cc(N)ccc1N1CCN(C(=O)C(C)C)CC1. The van der Waals surface area contributed by atoms with Crippen molar-refractivity contribution in [3.8, 4) is 5.75 Å². The maximum atomic E-state index is 12.0. The summed E-state index contributed by atoms with van der Waals surface area (Å²) in [6.45, 7) is 7.03. The molecule has 2 N–H and O–H groups in total. The third-order valence-corrected chi connectivity index (χ3v) is 3.63. The Kier molecular flexibility index (Phi) is 4.37. The van der Waals surface area contributed by atoms with Crippen LogP contribution in [-0.2, 0) is 4.79 Å². The third kappa shape index (κ3) is 2.98. The second-order valence-corrected chi connectivity index (χ2v) is 5.40. The van der Waals surface area contributed by atoms with Gasteiger partial charge in [0.05, 0.1) is 12.8 Å². The Balaban J connectivity index is 2.06. The molecule has 0 aliphatic carbocycles. The van der Waals surface area contributed by atoms with Gasteiger partial charge < -0.3 is 20.3 Å². The number of hydrogen-bond acceptors (Lipinski definition) is 4. The van der Waals surface area contributed by atoms with Gasteiger partial charge in [-0.25, -0.2) is 0 Å². The van der Waals surface area contributed by atoms with E-state index in [2.05, 4.69) is 4.90 Å². The van der Waals surface area contributed by atoms with Gasteiger partial charge >= 0.3 is 0 Å². The fourth-order valence-corrected chi connectivity index (χ4v) is 2.49. The van der Waals surface area contributed by atoms with Crippen molar-refractivity contribution in [2.24, 2.45) is 5.92 Å². The molecule has 1 aliphatic rings. The number of amides is 1. The smallest absolute Gasteiger partial charge is 0.225 e. The molecule has 1 aromatic rings. The molecule has 5 nitrogen and oxygen atoms in total. The van der Waals surface area contributed by atoms with Crippen molar-refractivity contribution >= 4 is 17.3 Å². The minimum absolute atomic E-state index is 0.0626. The van der Waals surface area contributed by atoms with Crippen LogP contribution in [0.4, 0.5) is 11.4 Å². The first-order valence-electron chi connectivity index (χ1n) is 7.00. The van der Waals surface area contributed by atoms with Crippen LogP contribution in [0.2, 0.25) is 0 Å². The zero-order valence-electron chi connectivity index (χ0n) is 12.4. The number of carbonyl (C=O) groups is 1. The van der Waals surface area contributed by atoms with E-state index in [0.717, 1.165) is 37.6 Å². The molecule has 0 spiro atoms. The van der Waals surface area contributed by atoms with Gasteiger partial charge in [0, 0.05) is 43.9 Å². The Morgan fingerprint density at radius 1 is 1.25 bits per heavy atom. The predicted molar refractivity (Wildman–Crippen MR) is 81.0 cm³/mol. The number of piperazine rings is 1. The molecule has 0 bridgehead atoms. The van der Waals surface area contributed by atoms with Crippen molar-refractivity contribution in [1.29, 1.82) is 0 Å². The number of nitrogens with two attached hydrogens (primary N) is 1. The number of hydrogen-bond donors (Lipinski definition) is 1. The van der Waals surface area contributed by atoms with Crippen molar-refractivity contribution in [2.45, 2.75) is 13.8 Å². The molecule has 0 radical (unpaired) electrons. The van der Waals surface area contributed by atoms with Gasteiger partial charge in [-0.1, -0.05) is 13.8 Å².